The van der Waals surface area contributed by atoms with E-state index in [2.05, 4.69) is 42.3 Å². The number of nitrogens with two attached hydrogens (primary N) is 1. The molecule has 1 aromatic carbocycles. The van der Waals surface area contributed by atoms with E-state index in [0.717, 1.165) is 11.4 Å². The number of nitrogens with zero attached hydrogens (tertiary/aromatic N) is 1. The lowest BCUT2D eigenvalue weighted by Gasteiger charge is -2.10. The average Bonchev–Trinajstić information content (AvgIpc) is 2.33. The van der Waals surface area contributed by atoms with Gasteiger partial charge in [0.2, 0.25) is 0 Å². The van der Waals surface area contributed by atoms with E-state index < -0.39 is 0 Å². The van der Waals surface area contributed by atoms with Crippen LogP contribution in [0.3, 0.4) is 0 Å². The zero-order valence-electron chi connectivity index (χ0n) is 10.4. The monoisotopic (exact) mass is 257 g/mol. The second kappa shape index (κ2) is 5.14. The Morgan fingerprint density at radius 1 is 1.22 bits per heavy atom. The first kappa shape index (κ1) is 12.5. The van der Waals surface area contributed by atoms with Gasteiger partial charge in [-0.05, 0) is 37.6 Å². The Hall–Kier alpha value is -1.94. The van der Waals surface area contributed by atoms with Crippen LogP contribution in [0, 0.1) is 13.8 Å². The van der Waals surface area contributed by atoms with Crippen molar-refractivity contribution in [1.29, 1.82) is 0 Å². The molecule has 0 aliphatic heterocycles. The van der Waals surface area contributed by atoms with Gasteiger partial charge in [0.05, 0.1) is 17.6 Å². The Balaban J connectivity index is 2.21. The molecule has 1 aromatic heterocycles. The van der Waals surface area contributed by atoms with Gasteiger partial charge in [0.1, 0.15) is 4.99 Å². The molecule has 0 bridgehead atoms. The van der Waals surface area contributed by atoms with Crippen molar-refractivity contribution in [2.75, 3.05) is 5.32 Å². The van der Waals surface area contributed by atoms with Crippen LogP contribution < -0.4 is 11.1 Å². The summed E-state index contributed by atoms with van der Waals surface area (Å²) in [5.74, 6) is 0. The van der Waals surface area contributed by atoms with E-state index in [1.54, 1.807) is 6.20 Å². The van der Waals surface area contributed by atoms with Crippen molar-refractivity contribution in [3.8, 4) is 0 Å². The molecule has 18 heavy (non-hydrogen) atoms. The van der Waals surface area contributed by atoms with Gasteiger partial charge in [-0.25, -0.2) is 0 Å². The third-order valence-electron chi connectivity index (χ3n) is 2.68. The third-order valence-corrected chi connectivity index (χ3v) is 2.89. The fourth-order valence-electron chi connectivity index (χ4n) is 1.72. The molecule has 0 saturated carbocycles. The highest BCUT2D eigenvalue weighted by atomic mass is 32.1. The number of aryl methyl sites for hydroxylation is 2. The highest BCUT2D eigenvalue weighted by molar-refractivity contribution is 7.80. The van der Waals surface area contributed by atoms with E-state index in [9.17, 15) is 0 Å². The number of pyridine rings is 1. The molecular formula is C14H15N3S. The SMILES string of the molecule is Cc1ccc(Nc2ccc(C(N)=S)nc2)c(C)c1. The van der Waals surface area contributed by atoms with Gasteiger partial charge in [-0.1, -0.05) is 29.9 Å². The minimum Gasteiger partial charge on any atom is -0.388 e. The molecule has 4 heteroatoms. The van der Waals surface area contributed by atoms with Crippen LogP contribution >= 0.6 is 12.2 Å². The molecule has 2 aromatic rings. The number of nitrogens with one attached hydrogen (secondary N) is 1. The Bertz CT molecular complexity index is 576. The number of thiocarbonyl (C=S) groups is 1. The van der Waals surface area contributed by atoms with Crippen LogP contribution in [-0.4, -0.2) is 9.97 Å². The number of aromatic nitrogens is 1. The molecule has 0 fully saturated rings. The van der Waals surface area contributed by atoms with Crippen LogP contribution in [0.5, 0.6) is 0 Å². The molecule has 3 nitrogen and oxygen atoms in total. The highest BCUT2D eigenvalue weighted by Gasteiger charge is 2.01. The standard InChI is InChI=1S/C14H15N3S/c1-9-3-5-12(10(2)7-9)17-11-4-6-13(14(15)18)16-8-11/h3-8,17H,1-2H3,(H2,15,18). The first-order chi connectivity index (χ1) is 8.56. The second-order valence-electron chi connectivity index (χ2n) is 4.24. The molecule has 2 rings (SSSR count). The average molecular weight is 257 g/mol. The fourth-order valence-corrected chi connectivity index (χ4v) is 1.84. The van der Waals surface area contributed by atoms with Gasteiger partial charge in [0, 0.05) is 5.69 Å². The molecule has 0 saturated heterocycles. The summed E-state index contributed by atoms with van der Waals surface area (Å²) in [6, 6.07) is 10.0. The van der Waals surface area contributed by atoms with E-state index in [-0.39, 0.29) is 0 Å². The molecule has 0 radical (unpaired) electrons. The maximum Gasteiger partial charge on any atom is 0.122 e. The van der Waals surface area contributed by atoms with Gasteiger partial charge in [-0.3, -0.25) is 4.98 Å². The number of benzene rings is 1. The topological polar surface area (TPSA) is 50.9 Å². The van der Waals surface area contributed by atoms with Crippen molar-refractivity contribution in [2.24, 2.45) is 5.73 Å². The maximum absolute atomic E-state index is 5.51. The molecule has 92 valence electrons. The predicted molar refractivity (Wildman–Crippen MR) is 79.3 cm³/mol. The Morgan fingerprint density at radius 2 is 2.00 bits per heavy atom. The van der Waals surface area contributed by atoms with Crippen LogP contribution in [0.1, 0.15) is 16.8 Å². The second-order valence-corrected chi connectivity index (χ2v) is 4.68. The van der Waals surface area contributed by atoms with Gasteiger partial charge in [0.25, 0.3) is 0 Å². The van der Waals surface area contributed by atoms with Crippen LogP contribution in [0.2, 0.25) is 0 Å². The smallest absolute Gasteiger partial charge is 0.122 e. The summed E-state index contributed by atoms with van der Waals surface area (Å²) in [5.41, 5.74) is 10.6. The maximum atomic E-state index is 5.51. The lowest BCUT2D eigenvalue weighted by Crippen LogP contribution is -2.11. The highest BCUT2D eigenvalue weighted by Crippen LogP contribution is 2.20. The Labute approximate surface area is 112 Å². The zero-order valence-corrected chi connectivity index (χ0v) is 11.2. The first-order valence-corrected chi connectivity index (χ1v) is 6.07. The van der Waals surface area contributed by atoms with Crippen LogP contribution in [0.25, 0.3) is 0 Å². The van der Waals surface area contributed by atoms with Gasteiger partial charge in [0.15, 0.2) is 0 Å². The van der Waals surface area contributed by atoms with E-state index in [4.69, 9.17) is 18.0 Å². The van der Waals surface area contributed by atoms with Crippen molar-refractivity contribution in [3.63, 3.8) is 0 Å². The molecule has 0 atom stereocenters. The molecule has 0 amide bonds. The van der Waals surface area contributed by atoms with Crippen molar-refractivity contribution >= 4 is 28.6 Å². The largest absolute Gasteiger partial charge is 0.388 e. The fraction of sp³-hybridized carbons (Fsp3) is 0.143. The van der Waals surface area contributed by atoms with Gasteiger partial charge < -0.3 is 11.1 Å². The van der Waals surface area contributed by atoms with E-state index in [1.807, 2.05) is 12.1 Å². The summed E-state index contributed by atoms with van der Waals surface area (Å²) in [6.45, 7) is 4.15. The lowest BCUT2D eigenvalue weighted by molar-refractivity contribution is 1.28. The van der Waals surface area contributed by atoms with Gasteiger partial charge in [-0.15, -0.1) is 0 Å². The molecule has 0 unspecified atom stereocenters. The first-order valence-electron chi connectivity index (χ1n) is 5.66. The minimum absolute atomic E-state index is 0.313. The van der Waals surface area contributed by atoms with Crippen molar-refractivity contribution in [3.05, 3.63) is 53.3 Å². The van der Waals surface area contributed by atoms with Gasteiger partial charge >= 0.3 is 0 Å². The molecule has 1 heterocycles. The van der Waals surface area contributed by atoms with Crippen LogP contribution in [-0.2, 0) is 0 Å². The number of hydrogen-bond donors (Lipinski definition) is 2. The summed E-state index contributed by atoms with van der Waals surface area (Å²) in [4.78, 5) is 4.51. The Kier molecular flexibility index (Phi) is 3.58. The molecule has 0 aliphatic rings. The quantitative estimate of drug-likeness (QED) is 0.830. The van der Waals surface area contributed by atoms with Crippen LogP contribution in [0.4, 0.5) is 11.4 Å². The lowest BCUT2D eigenvalue weighted by atomic mass is 10.1. The number of rotatable bonds is 3. The summed E-state index contributed by atoms with van der Waals surface area (Å²) in [7, 11) is 0. The Morgan fingerprint density at radius 3 is 2.56 bits per heavy atom. The van der Waals surface area contributed by atoms with E-state index in [0.29, 0.717) is 10.7 Å². The zero-order chi connectivity index (χ0) is 13.1. The summed E-state index contributed by atoms with van der Waals surface area (Å²) in [6.07, 6.45) is 1.73. The normalized spacial score (nSPS) is 10.1. The van der Waals surface area contributed by atoms with Gasteiger partial charge in [-0.2, -0.15) is 0 Å². The summed E-state index contributed by atoms with van der Waals surface area (Å²) in [5, 5.41) is 3.32. The molecule has 0 aliphatic carbocycles. The summed E-state index contributed by atoms with van der Waals surface area (Å²) >= 11 is 4.87. The van der Waals surface area contributed by atoms with Crippen molar-refractivity contribution in [2.45, 2.75) is 13.8 Å². The van der Waals surface area contributed by atoms with Crippen LogP contribution in [0.15, 0.2) is 36.5 Å². The van der Waals surface area contributed by atoms with E-state index in [1.165, 1.54) is 11.1 Å². The number of hydrogen-bond acceptors (Lipinski definition) is 3. The van der Waals surface area contributed by atoms with Crippen molar-refractivity contribution in [1.82, 2.24) is 4.98 Å². The molecular weight excluding hydrogens is 242 g/mol. The molecule has 3 N–H and O–H groups in total. The number of anilines is 2. The van der Waals surface area contributed by atoms with E-state index >= 15 is 0 Å². The molecule has 0 spiro atoms. The summed E-state index contributed by atoms with van der Waals surface area (Å²) < 4.78 is 0. The minimum atomic E-state index is 0.313. The predicted octanol–water partition coefficient (Wildman–Crippen LogP) is 3.08. The van der Waals surface area contributed by atoms with Crippen molar-refractivity contribution < 1.29 is 0 Å². The third kappa shape index (κ3) is 2.84.